The van der Waals surface area contributed by atoms with Crippen LogP contribution in [0.15, 0.2) is 48.5 Å². The van der Waals surface area contributed by atoms with E-state index in [-0.39, 0.29) is 17.9 Å². The lowest BCUT2D eigenvalue weighted by Crippen LogP contribution is -2.50. The second-order valence-electron chi connectivity index (χ2n) is 6.31. The highest BCUT2D eigenvalue weighted by Gasteiger charge is 2.23. The normalized spacial score (nSPS) is 18.8. The van der Waals surface area contributed by atoms with Gasteiger partial charge in [-0.15, -0.1) is 0 Å². The van der Waals surface area contributed by atoms with E-state index >= 15 is 0 Å². The lowest BCUT2D eigenvalue weighted by atomic mass is 10.1. The molecule has 3 rings (SSSR count). The summed E-state index contributed by atoms with van der Waals surface area (Å²) in [5.74, 6) is 0.651. The molecule has 1 aliphatic heterocycles. The zero-order valence-electron chi connectivity index (χ0n) is 14.7. The molecule has 134 valence electrons. The van der Waals surface area contributed by atoms with Crippen LogP contribution in [-0.4, -0.2) is 39.5 Å². The van der Waals surface area contributed by atoms with Crippen LogP contribution in [0.4, 0.5) is 10.1 Å². The Labute approximate surface area is 148 Å². The van der Waals surface area contributed by atoms with Gasteiger partial charge in [0.15, 0.2) is 0 Å². The Kier molecular flexibility index (Phi) is 5.89. The molecule has 2 aromatic rings. The number of ether oxygens (including phenoxy) is 2. The number of halogens is 1. The molecule has 1 fully saturated rings. The number of methoxy groups -OCH3 is 1. The van der Waals surface area contributed by atoms with E-state index in [1.807, 2.05) is 30.3 Å². The number of nitrogens with zero attached hydrogens (tertiary/aromatic N) is 1. The molecule has 0 aliphatic carbocycles. The van der Waals surface area contributed by atoms with Crippen LogP contribution in [0.3, 0.4) is 0 Å². The van der Waals surface area contributed by atoms with E-state index < -0.39 is 0 Å². The van der Waals surface area contributed by atoms with Gasteiger partial charge in [0.25, 0.3) is 0 Å². The van der Waals surface area contributed by atoms with Crippen LogP contribution < -0.4 is 15.0 Å². The fourth-order valence-corrected chi connectivity index (χ4v) is 3.14. The van der Waals surface area contributed by atoms with Gasteiger partial charge in [0.1, 0.15) is 11.6 Å². The lowest BCUT2D eigenvalue weighted by Gasteiger charge is -2.38. The van der Waals surface area contributed by atoms with E-state index in [1.165, 1.54) is 17.7 Å². The summed E-state index contributed by atoms with van der Waals surface area (Å²) in [5.41, 5.74) is 2.22. The number of anilines is 1. The van der Waals surface area contributed by atoms with E-state index in [0.29, 0.717) is 13.2 Å². The molecule has 1 unspecified atom stereocenters. The zero-order chi connectivity index (χ0) is 17.6. The molecule has 0 amide bonds. The summed E-state index contributed by atoms with van der Waals surface area (Å²) in [6, 6.07) is 15.2. The van der Waals surface area contributed by atoms with E-state index in [2.05, 4.69) is 23.2 Å². The van der Waals surface area contributed by atoms with Gasteiger partial charge in [0.05, 0.1) is 26.4 Å². The van der Waals surface area contributed by atoms with Crippen molar-refractivity contribution in [2.45, 2.75) is 19.0 Å². The first kappa shape index (κ1) is 17.7. The molecule has 0 saturated carbocycles. The fourth-order valence-electron chi connectivity index (χ4n) is 3.14. The molecule has 1 saturated heterocycles. The lowest BCUT2D eigenvalue weighted by molar-refractivity contribution is 0.0930. The second kappa shape index (κ2) is 8.32. The highest BCUT2D eigenvalue weighted by molar-refractivity contribution is 5.48. The SMILES string of the molecule is COc1cccc([C@@H](C)NCC2COCCN2c2ccc(F)cc2)c1. The van der Waals surface area contributed by atoms with Crippen LogP contribution in [0.25, 0.3) is 0 Å². The maximum absolute atomic E-state index is 13.2. The van der Waals surface area contributed by atoms with Crippen LogP contribution >= 0.6 is 0 Å². The molecule has 5 heteroatoms. The third-order valence-electron chi connectivity index (χ3n) is 4.64. The van der Waals surface area contributed by atoms with E-state index in [9.17, 15) is 4.39 Å². The van der Waals surface area contributed by atoms with Crippen molar-refractivity contribution in [3.8, 4) is 5.75 Å². The predicted octanol–water partition coefficient (Wildman–Crippen LogP) is 3.39. The number of nitrogens with one attached hydrogen (secondary N) is 1. The third-order valence-corrected chi connectivity index (χ3v) is 4.64. The quantitative estimate of drug-likeness (QED) is 0.871. The van der Waals surface area contributed by atoms with Gasteiger partial charge in [-0.3, -0.25) is 0 Å². The van der Waals surface area contributed by atoms with Crippen molar-refractivity contribution < 1.29 is 13.9 Å². The van der Waals surface area contributed by atoms with Gasteiger partial charge in [-0.2, -0.15) is 0 Å². The maximum Gasteiger partial charge on any atom is 0.123 e. The van der Waals surface area contributed by atoms with Gasteiger partial charge >= 0.3 is 0 Å². The first-order chi connectivity index (χ1) is 12.2. The first-order valence-corrected chi connectivity index (χ1v) is 8.64. The number of hydrogen-bond acceptors (Lipinski definition) is 4. The highest BCUT2D eigenvalue weighted by Crippen LogP contribution is 2.22. The molecule has 1 N–H and O–H groups in total. The molecular weight excluding hydrogens is 319 g/mol. The van der Waals surface area contributed by atoms with Gasteiger partial charge in [-0.1, -0.05) is 12.1 Å². The van der Waals surface area contributed by atoms with Crippen LogP contribution in [0.1, 0.15) is 18.5 Å². The predicted molar refractivity (Wildman–Crippen MR) is 97.8 cm³/mol. The van der Waals surface area contributed by atoms with E-state index in [4.69, 9.17) is 9.47 Å². The van der Waals surface area contributed by atoms with Crippen molar-refractivity contribution in [3.05, 3.63) is 59.9 Å². The van der Waals surface area contributed by atoms with Gasteiger partial charge in [-0.25, -0.2) is 4.39 Å². The monoisotopic (exact) mass is 344 g/mol. The average molecular weight is 344 g/mol. The minimum atomic E-state index is -0.210. The topological polar surface area (TPSA) is 33.7 Å². The molecule has 0 aromatic heterocycles. The molecular formula is C20H25FN2O2. The molecule has 25 heavy (non-hydrogen) atoms. The molecule has 2 atom stereocenters. The Morgan fingerprint density at radius 1 is 1.28 bits per heavy atom. The molecule has 1 heterocycles. The Bertz CT molecular complexity index is 678. The fraction of sp³-hybridized carbons (Fsp3) is 0.400. The Morgan fingerprint density at radius 3 is 2.84 bits per heavy atom. The van der Waals surface area contributed by atoms with E-state index in [1.54, 1.807) is 7.11 Å². The molecule has 1 aliphatic rings. The summed E-state index contributed by atoms with van der Waals surface area (Å²) < 4.78 is 24.1. The number of rotatable bonds is 6. The van der Waals surface area contributed by atoms with Crippen LogP contribution in [0, 0.1) is 5.82 Å². The second-order valence-corrected chi connectivity index (χ2v) is 6.31. The molecule has 0 radical (unpaired) electrons. The minimum Gasteiger partial charge on any atom is -0.497 e. The number of hydrogen-bond donors (Lipinski definition) is 1. The number of benzene rings is 2. The third kappa shape index (κ3) is 4.50. The van der Waals surface area contributed by atoms with Crippen LogP contribution in [-0.2, 0) is 4.74 Å². The minimum absolute atomic E-state index is 0.201. The summed E-state index contributed by atoms with van der Waals surface area (Å²) in [6.07, 6.45) is 0. The van der Waals surface area contributed by atoms with E-state index in [0.717, 1.165) is 24.5 Å². The maximum atomic E-state index is 13.2. The summed E-state index contributed by atoms with van der Waals surface area (Å²) >= 11 is 0. The largest absolute Gasteiger partial charge is 0.497 e. The van der Waals surface area contributed by atoms with Crippen molar-refractivity contribution in [3.63, 3.8) is 0 Å². The Hall–Kier alpha value is -2.11. The Morgan fingerprint density at radius 2 is 2.08 bits per heavy atom. The summed E-state index contributed by atoms with van der Waals surface area (Å²) in [5, 5.41) is 3.58. The van der Waals surface area contributed by atoms with Crippen molar-refractivity contribution in [1.29, 1.82) is 0 Å². The zero-order valence-corrected chi connectivity index (χ0v) is 14.7. The molecule has 2 aromatic carbocycles. The van der Waals surface area contributed by atoms with Crippen molar-refractivity contribution in [2.75, 3.05) is 38.3 Å². The standard InChI is InChI=1S/C20H25FN2O2/c1-15(16-4-3-5-20(12-16)24-2)22-13-19-14-25-11-10-23(19)18-8-6-17(21)7-9-18/h3-9,12,15,19,22H,10-11,13-14H2,1-2H3/t15-,19?/m1/s1. The molecule has 0 bridgehead atoms. The summed E-state index contributed by atoms with van der Waals surface area (Å²) in [7, 11) is 1.68. The van der Waals surface area contributed by atoms with Crippen molar-refractivity contribution >= 4 is 5.69 Å². The van der Waals surface area contributed by atoms with Crippen LogP contribution in [0.5, 0.6) is 5.75 Å². The Balaban J connectivity index is 1.64. The average Bonchev–Trinajstić information content (AvgIpc) is 2.67. The van der Waals surface area contributed by atoms with Gasteiger partial charge in [0.2, 0.25) is 0 Å². The number of morpholine rings is 1. The smallest absolute Gasteiger partial charge is 0.123 e. The molecule has 0 spiro atoms. The summed E-state index contributed by atoms with van der Waals surface area (Å²) in [6.45, 7) is 5.09. The van der Waals surface area contributed by atoms with Gasteiger partial charge in [-0.05, 0) is 48.9 Å². The van der Waals surface area contributed by atoms with Gasteiger partial charge < -0.3 is 19.7 Å². The summed E-state index contributed by atoms with van der Waals surface area (Å²) in [4.78, 5) is 2.29. The highest BCUT2D eigenvalue weighted by atomic mass is 19.1. The molecule has 4 nitrogen and oxygen atoms in total. The van der Waals surface area contributed by atoms with Crippen molar-refractivity contribution in [1.82, 2.24) is 5.32 Å². The van der Waals surface area contributed by atoms with Gasteiger partial charge in [0, 0.05) is 24.8 Å². The first-order valence-electron chi connectivity index (χ1n) is 8.64. The van der Waals surface area contributed by atoms with Crippen molar-refractivity contribution in [2.24, 2.45) is 0 Å². The van der Waals surface area contributed by atoms with Crippen LogP contribution in [0.2, 0.25) is 0 Å².